The molecule has 0 amide bonds. The second-order valence-corrected chi connectivity index (χ2v) is 11.7. The van der Waals surface area contributed by atoms with Gasteiger partial charge in [0.15, 0.2) is 5.13 Å². The van der Waals surface area contributed by atoms with Crippen LogP contribution in [0.25, 0.3) is 22.4 Å². The van der Waals surface area contributed by atoms with Crippen molar-refractivity contribution in [2.75, 3.05) is 31.2 Å². The molecule has 1 fully saturated rings. The van der Waals surface area contributed by atoms with Gasteiger partial charge in [0.1, 0.15) is 0 Å². The summed E-state index contributed by atoms with van der Waals surface area (Å²) in [6.07, 6.45) is 9.00. The molecule has 0 saturated carbocycles. The van der Waals surface area contributed by atoms with Crippen LogP contribution < -0.4 is 16.4 Å². The summed E-state index contributed by atoms with van der Waals surface area (Å²) in [4.78, 5) is 13.3. The van der Waals surface area contributed by atoms with Gasteiger partial charge < -0.3 is 16.4 Å². The molecule has 1 saturated heterocycles. The molecule has 1 aliphatic rings. The van der Waals surface area contributed by atoms with Crippen molar-refractivity contribution < 1.29 is 8.42 Å². The molecule has 36 heavy (non-hydrogen) atoms. The van der Waals surface area contributed by atoms with Gasteiger partial charge in [0.05, 0.1) is 15.1 Å². The van der Waals surface area contributed by atoms with E-state index in [9.17, 15) is 8.42 Å². The van der Waals surface area contributed by atoms with Gasteiger partial charge in [0.25, 0.3) is 0 Å². The second-order valence-electron chi connectivity index (χ2n) is 8.60. The van der Waals surface area contributed by atoms with Crippen LogP contribution in [0.3, 0.4) is 0 Å². The number of sulfonamides is 1. The van der Waals surface area contributed by atoms with Crippen LogP contribution in [0.5, 0.6) is 0 Å². The Morgan fingerprint density at radius 2 is 1.75 bits per heavy atom. The molecule has 2 aromatic carbocycles. The molecule has 3 heterocycles. The van der Waals surface area contributed by atoms with Crippen LogP contribution in [0.15, 0.2) is 59.8 Å². The zero-order chi connectivity index (χ0) is 25.1. The molecule has 9 nitrogen and oxygen atoms in total. The molecule has 11 heteroatoms. The number of nitrogens with zero attached hydrogens (tertiary/aromatic N) is 4. The van der Waals surface area contributed by atoms with Crippen LogP contribution in [0.1, 0.15) is 24.0 Å². The molecule has 4 N–H and O–H groups in total. The Labute approximate surface area is 214 Å². The highest BCUT2D eigenvalue weighted by Gasteiger charge is 2.28. The van der Waals surface area contributed by atoms with Crippen LogP contribution in [-0.4, -0.2) is 53.9 Å². The van der Waals surface area contributed by atoms with Crippen molar-refractivity contribution in [3.8, 4) is 0 Å². The van der Waals surface area contributed by atoms with Crippen LogP contribution in [-0.2, 0) is 10.0 Å². The molecule has 4 aromatic rings. The summed E-state index contributed by atoms with van der Waals surface area (Å²) in [6.45, 7) is 1.67. The third-order valence-electron chi connectivity index (χ3n) is 6.18. The number of thiazole rings is 1. The van der Waals surface area contributed by atoms with Crippen LogP contribution in [0, 0.1) is 0 Å². The Balaban J connectivity index is 1.22. The fourth-order valence-electron chi connectivity index (χ4n) is 4.12. The number of rotatable bonds is 7. The largest absolute Gasteiger partial charge is 0.375 e. The monoisotopic (exact) mass is 521 g/mol. The lowest BCUT2D eigenvalue weighted by Gasteiger charge is -2.30. The highest BCUT2D eigenvalue weighted by atomic mass is 32.2. The molecule has 186 valence electrons. The highest BCUT2D eigenvalue weighted by Crippen LogP contribution is 2.26. The van der Waals surface area contributed by atoms with E-state index in [-0.39, 0.29) is 10.9 Å². The Morgan fingerprint density at radius 1 is 1.06 bits per heavy atom. The number of anilines is 3. The van der Waals surface area contributed by atoms with Crippen LogP contribution in [0.4, 0.5) is 16.8 Å². The number of nitrogens with one attached hydrogen (secondary N) is 2. The minimum Gasteiger partial charge on any atom is -0.375 e. The summed E-state index contributed by atoms with van der Waals surface area (Å²) in [5.41, 5.74) is 9.27. The Hall–Kier alpha value is -3.38. The molecular formula is C25H27N7O2S2. The SMILES string of the molecule is CN(C1CCNCC1)S(=O)(=O)c1ccc(Nc2ncc(/C=C/c3ccc4nc(N)sc4c3)cn2)cc1. The number of aromatic nitrogens is 3. The van der Waals surface area contributed by atoms with E-state index in [2.05, 4.69) is 25.6 Å². The zero-order valence-corrected chi connectivity index (χ0v) is 21.4. The minimum absolute atomic E-state index is 0.0180. The summed E-state index contributed by atoms with van der Waals surface area (Å²) >= 11 is 1.46. The fraction of sp³-hybridized carbons (Fsp3) is 0.240. The molecule has 2 aromatic heterocycles. The molecule has 0 unspecified atom stereocenters. The van der Waals surface area contributed by atoms with Gasteiger partial charge in [0.2, 0.25) is 16.0 Å². The molecular weight excluding hydrogens is 494 g/mol. The second kappa shape index (κ2) is 10.3. The van der Waals surface area contributed by atoms with E-state index in [4.69, 9.17) is 5.73 Å². The number of nitrogen functional groups attached to an aromatic ring is 1. The van der Waals surface area contributed by atoms with Gasteiger partial charge in [-0.05, 0) is 67.9 Å². The standard InChI is InChI=1S/C25H27N7O2S2/c1-32(20-10-12-27-13-11-20)36(33,34)21-7-5-19(6-8-21)30-25-28-15-18(16-29-25)3-2-17-4-9-22-23(14-17)35-24(26)31-22/h2-9,14-16,20,27H,10-13H2,1H3,(H2,26,31)(H,28,29,30)/b3-2+. The van der Waals surface area contributed by atoms with Crippen LogP contribution in [0.2, 0.25) is 0 Å². The lowest BCUT2D eigenvalue weighted by Crippen LogP contribution is -2.43. The van der Waals surface area contributed by atoms with Gasteiger partial charge in [-0.3, -0.25) is 0 Å². The average Bonchev–Trinajstić information content (AvgIpc) is 3.28. The lowest BCUT2D eigenvalue weighted by atomic mass is 10.1. The molecule has 5 rings (SSSR count). The predicted octanol–water partition coefficient (Wildman–Crippen LogP) is 3.96. The number of fused-ring (bicyclic) bond motifs is 1. The molecule has 1 aliphatic heterocycles. The fourth-order valence-corrected chi connectivity index (χ4v) is 6.31. The van der Waals surface area contributed by atoms with Crippen molar-refractivity contribution in [3.05, 3.63) is 66.0 Å². The van der Waals surface area contributed by atoms with Crippen molar-refractivity contribution in [1.82, 2.24) is 24.6 Å². The van der Waals surface area contributed by atoms with E-state index < -0.39 is 10.0 Å². The van der Waals surface area contributed by atoms with Gasteiger partial charge in [-0.2, -0.15) is 4.31 Å². The molecule has 0 radical (unpaired) electrons. The van der Waals surface area contributed by atoms with Gasteiger partial charge in [-0.15, -0.1) is 0 Å². The van der Waals surface area contributed by atoms with Gasteiger partial charge in [-0.25, -0.2) is 23.4 Å². The van der Waals surface area contributed by atoms with Crippen molar-refractivity contribution in [2.24, 2.45) is 0 Å². The van der Waals surface area contributed by atoms with Crippen molar-refractivity contribution in [3.63, 3.8) is 0 Å². The first-order valence-electron chi connectivity index (χ1n) is 11.6. The maximum absolute atomic E-state index is 13.0. The molecule has 0 atom stereocenters. The minimum atomic E-state index is -3.54. The lowest BCUT2D eigenvalue weighted by molar-refractivity contribution is 0.296. The summed E-state index contributed by atoms with van der Waals surface area (Å²) < 4.78 is 28.6. The zero-order valence-electron chi connectivity index (χ0n) is 19.8. The highest BCUT2D eigenvalue weighted by molar-refractivity contribution is 7.89. The van der Waals surface area contributed by atoms with Crippen LogP contribution >= 0.6 is 11.3 Å². The van der Waals surface area contributed by atoms with Crippen molar-refractivity contribution in [1.29, 1.82) is 0 Å². The summed E-state index contributed by atoms with van der Waals surface area (Å²) in [5, 5.41) is 6.94. The molecule has 0 bridgehead atoms. The third-order valence-corrected chi connectivity index (χ3v) is 8.95. The first-order valence-corrected chi connectivity index (χ1v) is 13.9. The summed E-state index contributed by atoms with van der Waals surface area (Å²) in [6, 6.07) is 12.7. The number of hydrogen-bond acceptors (Lipinski definition) is 9. The number of piperidine rings is 1. The van der Waals surface area contributed by atoms with Gasteiger partial charge in [-0.1, -0.05) is 29.6 Å². The quantitative estimate of drug-likeness (QED) is 0.334. The van der Waals surface area contributed by atoms with Gasteiger partial charge >= 0.3 is 0 Å². The third kappa shape index (κ3) is 5.39. The van der Waals surface area contributed by atoms with Crippen molar-refractivity contribution in [2.45, 2.75) is 23.8 Å². The van der Waals surface area contributed by atoms with Crippen molar-refractivity contribution >= 4 is 60.5 Å². The first-order chi connectivity index (χ1) is 17.4. The maximum Gasteiger partial charge on any atom is 0.243 e. The summed E-state index contributed by atoms with van der Waals surface area (Å²) in [7, 11) is -1.88. The molecule has 0 aliphatic carbocycles. The maximum atomic E-state index is 13.0. The molecule has 0 spiro atoms. The Kier molecular flexibility index (Phi) is 6.97. The average molecular weight is 522 g/mol. The van der Waals surface area contributed by atoms with E-state index in [1.165, 1.54) is 15.6 Å². The van der Waals surface area contributed by atoms with E-state index in [0.29, 0.717) is 16.8 Å². The number of hydrogen-bond donors (Lipinski definition) is 3. The summed E-state index contributed by atoms with van der Waals surface area (Å²) in [5.74, 6) is 0.427. The van der Waals surface area contributed by atoms with Gasteiger partial charge in [0, 0.05) is 36.7 Å². The van der Waals surface area contributed by atoms with E-state index in [0.717, 1.165) is 47.3 Å². The smallest absolute Gasteiger partial charge is 0.243 e. The topological polar surface area (TPSA) is 126 Å². The normalized spacial score (nSPS) is 15.2. The van der Waals surface area contributed by atoms with E-state index in [1.807, 2.05) is 30.4 Å². The first kappa shape index (κ1) is 24.3. The Morgan fingerprint density at radius 3 is 2.47 bits per heavy atom. The van der Waals surface area contributed by atoms with E-state index in [1.54, 1.807) is 43.7 Å². The predicted molar refractivity (Wildman–Crippen MR) is 146 cm³/mol. The number of benzene rings is 2. The Bertz CT molecular complexity index is 1480. The van der Waals surface area contributed by atoms with E-state index >= 15 is 0 Å². The number of nitrogens with two attached hydrogens (primary N) is 1.